The van der Waals surface area contributed by atoms with E-state index in [2.05, 4.69) is 42.6 Å². The number of benzene rings is 1. The quantitative estimate of drug-likeness (QED) is 0.858. The molecule has 0 saturated carbocycles. The third kappa shape index (κ3) is 2.71. The summed E-state index contributed by atoms with van der Waals surface area (Å²) in [7, 11) is 0. The summed E-state index contributed by atoms with van der Waals surface area (Å²) in [6, 6.07) is 11.3. The standard InChI is InChI=1S/C16H18ClNS/c1-2-11-5-3-4-6-12(11)10-18-14-7-8-15-13(14)9-16(17)19-15/h3-6,9,14,18H,2,7-8,10H2,1H3. The summed E-state index contributed by atoms with van der Waals surface area (Å²) in [6.45, 7) is 3.16. The van der Waals surface area contributed by atoms with Crippen LogP contribution in [-0.4, -0.2) is 0 Å². The number of fused-ring (bicyclic) bond motifs is 1. The topological polar surface area (TPSA) is 12.0 Å². The third-order valence-electron chi connectivity index (χ3n) is 3.89. The molecule has 2 aromatic rings. The van der Waals surface area contributed by atoms with Crippen molar-refractivity contribution in [3.63, 3.8) is 0 Å². The van der Waals surface area contributed by atoms with Crippen LogP contribution in [0.1, 0.15) is 41.0 Å². The van der Waals surface area contributed by atoms with Gasteiger partial charge in [0.25, 0.3) is 0 Å². The maximum absolute atomic E-state index is 6.10. The highest BCUT2D eigenvalue weighted by atomic mass is 35.5. The molecule has 1 nitrogen and oxygen atoms in total. The third-order valence-corrected chi connectivity index (χ3v) is 5.22. The number of hydrogen-bond acceptors (Lipinski definition) is 2. The van der Waals surface area contributed by atoms with Gasteiger partial charge in [0, 0.05) is 17.5 Å². The molecule has 1 N–H and O–H groups in total. The molecule has 1 aromatic heterocycles. The van der Waals surface area contributed by atoms with E-state index < -0.39 is 0 Å². The summed E-state index contributed by atoms with van der Waals surface area (Å²) < 4.78 is 0.922. The van der Waals surface area contributed by atoms with Crippen molar-refractivity contribution >= 4 is 22.9 Å². The monoisotopic (exact) mass is 291 g/mol. The summed E-state index contributed by atoms with van der Waals surface area (Å²) in [5, 5.41) is 3.69. The second kappa shape index (κ2) is 5.66. The summed E-state index contributed by atoms with van der Waals surface area (Å²) in [5.41, 5.74) is 4.28. The molecule has 3 rings (SSSR count). The van der Waals surface area contributed by atoms with Crippen LogP contribution >= 0.6 is 22.9 Å². The Kier molecular flexibility index (Phi) is 3.92. The van der Waals surface area contributed by atoms with E-state index in [4.69, 9.17) is 11.6 Å². The van der Waals surface area contributed by atoms with Crippen LogP contribution in [-0.2, 0) is 19.4 Å². The summed E-state index contributed by atoms with van der Waals surface area (Å²) in [4.78, 5) is 1.46. The van der Waals surface area contributed by atoms with Crippen LogP contribution in [0.15, 0.2) is 30.3 Å². The second-order valence-corrected chi connectivity index (χ2v) is 6.79. The molecule has 0 radical (unpaired) electrons. The number of halogens is 1. The largest absolute Gasteiger partial charge is 0.306 e. The Labute approximate surface area is 123 Å². The summed E-state index contributed by atoms with van der Waals surface area (Å²) in [6.07, 6.45) is 3.46. The maximum atomic E-state index is 6.10. The highest BCUT2D eigenvalue weighted by Crippen LogP contribution is 2.39. The average Bonchev–Trinajstić information content (AvgIpc) is 2.96. The van der Waals surface area contributed by atoms with Crippen molar-refractivity contribution in [1.82, 2.24) is 5.32 Å². The van der Waals surface area contributed by atoms with Crippen LogP contribution in [0.25, 0.3) is 0 Å². The van der Waals surface area contributed by atoms with Crippen molar-refractivity contribution < 1.29 is 0 Å². The van der Waals surface area contributed by atoms with Gasteiger partial charge in [0.15, 0.2) is 0 Å². The molecule has 0 bridgehead atoms. The number of rotatable bonds is 4. The Morgan fingerprint density at radius 3 is 2.89 bits per heavy atom. The fourth-order valence-corrected chi connectivity index (χ4v) is 4.21. The van der Waals surface area contributed by atoms with Crippen LogP contribution < -0.4 is 5.32 Å². The first-order valence-corrected chi connectivity index (χ1v) is 8.05. The molecule has 1 heterocycles. The predicted molar refractivity (Wildman–Crippen MR) is 83.1 cm³/mol. The zero-order valence-corrected chi connectivity index (χ0v) is 12.7. The van der Waals surface area contributed by atoms with E-state index in [0.717, 1.165) is 17.3 Å². The fraction of sp³-hybridized carbons (Fsp3) is 0.375. The SMILES string of the molecule is CCc1ccccc1CNC1CCc2sc(Cl)cc21. The van der Waals surface area contributed by atoms with Crippen molar-refractivity contribution in [2.75, 3.05) is 0 Å². The molecule has 1 aliphatic rings. The smallest absolute Gasteiger partial charge is 0.0934 e. The normalized spacial score (nSPS) is 17.7. The van der Waals surface area contributed by atoms with Crippen molar-refractivity contribution in [1.29, 1.82) is 0 Å². The van der Waals surface area contributed by atoms with Gasteiger partial charge >= 0.3 is 0 Å². The first-order chi connectivity index (χ1) is 9.28. The zero-order valence-electron chi connectivity index (χ0n) is 11.1. The Hall–Kier alpha value is -0.830. The highest BCUT2D eigenvalue weighted by molar-refractivity contribution is 7.16. The van der Waals surface area contributed by atoms with E-state index in [-0.39, 0.29) is 0 Å². The Bertz CT molecular complexity index is 576. The number of aryl methyl sites for hydroxylation is 2. The molecular weight excluding hydrogens is 274 g/mol. The van der Waals surface area contributed by atoms with E-state index in [9.17, 15) is 0 Å². The van der Waals surface area contributed by atoms with Gasteiger partial charge in [-0.2, -0.15) is 0 Å². The van der Waals surface area contributed by atoms with E-state index in [1.807, 2.05) is 0 Å². The molecule has 0 fully saturated rings. The first-order valence-electron chi connectivity index (χ1n) is 6.86. The van der Waals surface area contributed by atoms with Gasteiger partial charge in [0.05, 0.1) is 4.34 Å². The van der Waals surface area contributed by atoms with E-state index in [1.54, 1.807) is 11.3 Å². The van der Waals surface area contributed by atoms with Gasteiger partial charge in [0.1, 0.15) is 0 Å². The fourth-order valence-electron chi connectivity index (χ4n) is 2.85. The number of nitrogens with one attached hydrogen (secondary N) is 1. The van der Waals surface area contributed by atoms with E-state index in [0.29, 0.717) is 6.04 Å². The lowest BCUT2D eigenvalue weighted by molar-refractivity contribution is 0.529. The lowest BCUT2D eigenvalue weighted by atomic mass is 10.0. The predicted octanol–water partition coefficient (Wildman–Crippen LogP) is 4.74. The molecule has 1 aliphatic carbocycles. The molecular formula is C16H18ClNS. The Balaban J connectivity index is 1.70. The molecule has 0 aliphatic heterocycles. The van der Waals surface area contributed by atoms with E-state index in [1.165, 1.54) is 34.4 Å². The summed E-state index contributed by atoms with van der Waals surface area (Å²) >= 11 is 7.83. The average molecular weight is 292 g/mol. The Morgan fingerprint density at radius 1 is 1.32 bits per heavy atom. The minimum atomic E-state index is 0.476. The minimum absolute atomic E-state index is 0.476. The van der Waals surface area contributed by atoms with Crippen LogP contribution in [0.2, 0.25) is 4.34 Å². The van der Waals surface area contributed by atoms with Crippen molar-refractivity contribution in [2.24, 2.45) is 0 Å². The second-order valence-electron chi connectivity index (χ2n) is 5.02. The van der Waals surface area contributed by atoms with Crippen LogP contribution in [0.5, 0.6) is 0 Å². The molecule has 1 aromatic carbocycles. The van der Waals surface area contributed by atoms with Crippen molar-refractivity contribution in [3.8, 4) is 0 Å². The molecule has 0 amide bonds. The Morgan fingerprint density at radius 2 is 2.11 bits per heavy atom. The zero-order chi connectivity index (χ0) is 13.2. The molecule has 1 unspecified atom stereocenters. The lowest BCUT2D eigenvalue weighted by Gasteiger charge is -2.15. The van der Waals surface area contributed by atoms with Gasteiger partial charge in [-0.15, -0.1) is 11.3 Å². The molecule has 100 valence electrons. The molecule has 19 heavy (non-hydrogen) atoms. The van der Waals surface area contributed by atoms with Crippen LogP contribution in [0.4, 0.5) is 0 Å². The number of hydrogen-bond donors (Lipinski definition) is 1. The minimum Gasteiger partial charge on any atom is -0.306 e. The molecule has 1 atom stereocenters. The van der Waals surface area contributed by atoms with Gasteiger partial charge in [-0.3, -0.25) is 0 Å². The molecule has 3 heteroatoms. The lowest BCUT2D eigenvalue weighted by Crippen LogP contribution is -2.19. The van der Waals surface area contributed by atoms with Gasteiger partial charge in [-0.1, -0.05) is 42.8 Å². The highest BCUT2D eigenvalue weighted by Gasteiger charge is 2.24. The van der Waals surface area contributed by atoms with Gasteiger partial charge < -0.3 is 5.32 Å². The summed E-state index contributed by atoms with van der Waals surface area (Å²) in [5.74, 6) is 0. The van der Waals surface area contributed by atoms with Gasteiger partial charge in [0.2, 0.25) is 0 Å². The molecule has 0 saturated heterocycles. The van der Waals surface area contributed by atoms with Crippen LogP contribution in [0, 0.1) is 0 Å². The van der Waals surface area contributed by atoms with Crippen molar-refractivity contribution in [3.05, 3.63) is 56.2 Å². The number of thiophene rings is 1. The van der Waals surface area contributed by atoms with Crippen molar-refractivity contribution in [2.45, 2.75) is 38.8 Å². The van der Waals surface area contributed by atoms with Gasteiger partial charge in [-0.05, 0) is 42.0 Å². The maximum Gasteiger partial charge on any atom is 0.0934 e. The van der Waals surface area contributed by atoms with Gasteiger partial charge in [-0.25, -0.2) is 0 Å². The molecule has 0 spiro atoms. The van der Waals surface area contributed by atoms with Crippen LogP contribution in [0.3, 0.4) is 0 Å². The first kappa shape index (κ1) is 13.2. The van der Waals surface area contributed by atoms with E-state index >= 15 is 0 Å².